The number of benzene rings is 2. The molecule has 1 N–H and O–H groups in total. The van der Waals surface area contributed by atoms with Gasteiger partial charge in [-0.3, -0.25) is 14.5 Å². The zero-order valence-corrected chi connectivity index (χ0v) is 31.6. The number of amides is 2. The fourth-order valence-corrected chi connectivity index (χ4v) is 10.0. The lowest BCUT2D eigenvalue weighted by Gasteiger charge is -2.45. The first kappa shape index (κ1) is 37.1. The molecule has 14 heteroatoms. The normalized spacial score (nSPS) is 31.8. The van der Waals surface area contributed by atoms with Crippen molar-refractivity contribution in [2.45, 2.75) is 81.3 Å². The molecule has 4 aliphatic heterocycles. The second-order valence-corrected chi connectivity index (χ2v) is 17.5. The minimum Gasteiger partial charge on any atom is -0.490 e. The minimum absolute atomic E-state index is 0.0472. The van der Waals surface area contributed by atoms with Crippen molar-refractivity contribution >= 4 is 39.1 Å². The molecule has 6 atom stereocenters. The quantitative estimate of drug-likeness (QED) is 0.471. The van der Waals surface area contributed by atoms with Gasteiger partial charge in [-0.25, -0.2) is 17.5 Å². The molecule has 11 nitrogen and oxygen atoms in total. The molecule has 2 fully saturated rings. The average Bonchev–Trinajstić information content (AvgIpc) is 3.54. The maximum atomic E-state index is 16.9. The van der Waals surface area contributed by atoms with Gasteiger partial charge in [0.15, 0.2) is 0 Å². The maximum Gasteiger partial charge on any atom is 0.264 e. The van der Waals surface area contributed by atoms with Gasteiger partial charge in [0.1, 0.15) is 17.6 Å². The fraction of sp³-hybridized carbons (Fsp3) is 0.579. The third kappa shape index (κ3) is 7.19. The summed E-state index contributed by atoms with van der Waals surface area (Å²) in [5.41, 5.74) is 2.56. The molecule has 5 aliphatic rings. The third-order valence-corrected chi connectivity index (χ3v) is 13.8. The topological polar surface area (TPSA) is 118 Å². The molecule has 2 amide bonds. The highest BCUT2D eigenvalue weighted by Gasteiger charge is 2.48. The molecule has 4 heterocycles. The first-order valence-corrected chi connectivity index (χ1v) is 20.2. The standard InChI is InChI=1S/C38H48ClFN4O7S/c1-24-8-12-31(40)35(37(46)42(3)20-29-21-49-16-17-50-29)43-15-5-7-34(43)44-22-38(14-4-6-26-18-28(39)10-11-30(26)38)23-51-33-13-9-27(19-32(33)44)36(45)41-52(47,48)25(24)2/h9-13,18-19,24-25,29,34-35H,4-8,14-17,20-23H2,1-3H3,(H,41,45)/b31-12-/t24-,25+,29?,34+,35+,38-/m0/s1. The van der Waals surface area contributed by atoms with Gasteiger partial charge in [0, 0.05) is 42.7 Å². The first-order chi connectivity index (χ1) is 24.9. The number of likely N-dealkylation sites (N-methyl/N-ethyl adjacent to an activating group) is 1. The summed E-state index contributed by atoms with van der Waals surface area (Å²) in [5.74, 6) is -1.84. The van der Waals surface area contributed by atoms with Crippen LogP contribution in [-0.2, 0) is 36.1 Å². The van der Waals surface area contributed by atoms with Gasteiger partial charge in [0.2, 0.25) is 15.9 Å². The van der Waals surface area contributed by atoms with Gasteiger partial charge in [-0.1, -0.05) is 30.7 Å². The largest absolute Gasteiger partial charge is 0.490 e. The van der Waals surface area contributed by atoms with E-state index in [0.29, 0.717) is 68.8 Å². The molecule has 2 aromatic carbocycles. The predicted molar refractivity (Wildman–Crippen MR) is 196 cm³/mol. The van der Waals surface area contributed by atoms with Gasteiger partial charge < -0.3 is 24.0 Å². The van der Waals surface area contributed by atoms with Crippen molar-refractivity contribution in [2.24, 2.45) is 5.92 Å². The highest BCUT2D eigenvalue weighted by atomic mass is 35.5. The summed E-state index contributed by atoms with van der Waals surface area (Å²) in [6.45, 7) is 5.95. The van der Waals surface area contributed by atoms with Gasteiger partial charge in [-0.2, -0.15) is 0 Å². The Balaban J connectivity index is 1.36. The van der Waals surface area contributed by atoms with Crippen LogP contribution in [0.2, 0.25) is 5.02 Å². The summed E-state index contributed by atoms with van der Waals surface area (Å²) in [6, 6.07) is 9.67. The van der Waals surface area contributed by atoms with Crippen LogP contribution in [0.3, 0.4) is 0 Å². The van der Waals surface area contributed by atoms with Gasteiger partial charge >= 0.3 is 0 Å². The lowest BCUT2D eigenvalue weighted by Crippen LogP contribution is -2.58. The molecule has 0 aromatic heterocycles. The van der Waals surface area contributed by atoms with Crippen molar-refractivity contribution in [3.8, 4) is 5.75 Å². The van der Waals surface area contributed by atoms with E-state index in [1.54, 1.807) is 32.2 Å². The molecule has 2 saturated heterocycles. The molecule has 2 aromatic rings. The van der Waals surface area contributed by atoms with E-state index in [-0.39, 0.29) is 24.6 Å². The van der Waals surface area contributed by atoms with E-state index in [0.717, 1.165) is 30.4 Å². The number of nitrogens with one attached hydrogen (secondary N) is 1. The van der Waals surface area contributed by atoms with Gasteiger partial charge in [0.25, 0.3) is 5.91 Å². The Morgan fingerprint density at radius 1 is 1.15 bits per heavy atom. The van der Waals surface area contributed by atoms with Gasteiger partial charge in [0.05, 0.1) is 49.6 Å². The fourth-order valence-electron chi connectivity index (χ4n) is 8.56. The Morgan fingerprint density at radius 3 is 2.77 bits per heavy atom. The van der Waals surface area contributed by atoms with E-state index in [9.17, 15) is 18.0 Å². The number of carbonyl (C=O) groups excluding carboxylic acids is 2. The van der Waals surface area contributed by atoms with Gasteiger partial charge in [-0.05, 0) is 92.8 Å². The predicted octanol–water partition coefficient (Wildman–Crippen LogP) is 4.82. The van der Waals surface area contributed by atoms with Crippen LogP contribution < -0.4 is 14.4 Å². The van der Waals surface area contributed by atoms with Crippen LogP contribution in [0.25, 0.3) is 0 Å². The molecule has 2 bridgehead atoms. The number of hydrogen-bond donors (Lipinski definition) is 1. The zero-order valence-electron chi connectivity index (χ0n) is 30.0. The van der Waals surface area contributed by atoms with Crippen LogP contribution in [0.15, 0.2) is 48.3 Å². The van der Waals surface area contributed by atoms with Crippen LogP contribution in [0, 0.1) is 5.92 Å². The summed E-state index contributed by atoms with van der Waals surface area (Å²) in [5, 5.41) is -0.359. The number of ether oxygens (including phenoxy) is 3. The number of hydrogen-bond acceptors (Lipinski definition) is 9. The Morgan fingerprint density at radius 2 is 1.98 bits per heavy atom. The molecule has 1 unspecified atom stereocenters. The summed E-state index contributed by atoms with van der Waals surface area (Å²) < 4.78 is 64.1. The van der Waals surface area contributed by atoms with Crippen molar-refractivity contribution in [1.82, 2.24) is 14.5 Å². The van der Waals surface area contributed by atoms with Crippen LogP contribution in [0.4, 0.5) is 10.1 Å². The molecule has 282 valence electrons. The number of anilines is 1. The second kappa shape index (κ2) is 14.9. The summed E-state index contributed by atoms with van der Waals surface area (Å²) >= 11 is 6.46. The van der Waals surface area contributed by atoms with Crippen LogP contribution in [0.5, 0.6) is 5.75 Å². The van der Waals surface area contributed by atoms with Gasteiger partial charge in [-0.15, -0.1) is 0 Å². The SMILES string of the molecule is C[C@@H]1[C@@H](C)C/C=C(\F)[C@H](C(=O)N(C)CC2COCCO2)N2CCC[C@H]2N2C[C@@]3(CCCc4cc(Cl)ccc43)COc3ccc(cc32)C(=O)NS1(=O)=O. The molecule has 1 aliphatic carbocycles. The van der Waals surface area contributed by atoms with Crippen molar-refractivity contribution in [3.63, 3.8) is 0 Å². The molecule has 0 saturated carbocycles. The number of sulfonamides is 1. The van der Waals surface area contributed by atoms with Crippen molar-refractivity contribution < 1.29 is 36.6 Å². The van der Waals surface area contributed by atoms with E-state index >= 15 is 4.39 Å². The monoisotopic (exact) mass is 758 g/mol. The highest BCUT2D eigenvalue weighted by molar-refractivity contribution is 7.90. The lowest BCUT2D eigenvalue weighted by molar-refractivity contribution is -0.141. The summed E-state index contributed by atoms with van der Waals surface area (Å²) in [6.07, 6.45) is 4.56. The second-order valence-electron chi connectivity index (χ2n) is 15.1. The zero-order chi connectivity index (χ0) is 36.8. The molecule has 1 spiro atoms. The minimum atomic E-state index is -4.14. The van der Waals surface area contributed by atoms with E-state index in [1.165, 1.54) is 17.9 Å². The third-order valence-electron chi connectivity index (χ3n) is 11.6. The van der Waals surface area contributed by atoms with E-state index in [4.69, 9.17) is 25.8 Å². The molecular weight excluding hydrogens is 711 g/mol. The molecule has 0 radical (unpaired) electrons. The Kier molecular flexibility index (Phi) is 10.6. The highest BCUT2D eigenvalue weighted by Crippen LogP contribution is 2.47. The number of allylic oxidation sites excluding steroid dienone is 1. The number of fused-ring (bicyclic) bond motifs is 5. The number of nitrogens with zero attached hydrogens (tertiary/aromatic N) is 3. The first-order valence-electron chi connectivity index (χ1n) is 18.3. The van der Waals surface area contributed by atoms with E-state index < -0.39 is 56.5 Å². The van der Waals surface area contributed by atoms with Crippen LogP contribution in [0.1, 0.15) is 67.4 Å². The number of rotatable bonds is 3. The van der Waals surface area contributed by atoms with Crippen LogP contribution >= 0.6 is 11.6 Å². The van der Waals surface area contributed by atoms with E-state index in [1.807, 2.05) is 17.0 Å². The summed E-state index contributed by atoms with van der Waals surface area (Å²) in [4.78, 5) is 33.8. The Hall–Kier alpha value is -3.23. The molecular formula is C38H48ClFN4O7S. The molecule has 7 rings (SSSR count). The lowest BCUT2D eigenvalue weighted by atomic mass is 9.70. The van der Waals surface area contributed by atoms with Crippen LogP contribution in [-0.4, -0.2) is 107 Å². The Bertz CT molecular complexity index is 1840. The van der Waals surface area contributed by atoms with Crippen molar-refractivity contribution in [3.05, 3.63) is 70.0 Å². The number of halogens is 2. The van der Waals surface area contributed by atoms with E-state index in [2.05, 4.69) is 15.7 Å². The maximum absolute atomic E-state index is 16.9. The van der Waals surface area contributed by atoms with Crippen molar-refractivity contribution in [1.29, 1.82) is 0 Å². The molecule has 52 heavy (non-hydrogen) atoms. The number of carbonyl (C=O) groups is 2. The Labute approximate surface area is 310 Å². The summed E-state index contributed by atoms with van der Waals surface area (Å²) in [7, 11) is -2.48. The average molecular weight is 759 g/mol. The van der Waals surface area contributed by atoms with Crippen molar-refractivity contribution in [2.75, 3.05) is 58.0 Å². The smallest absolute Gasteiger partial charge is 0.264 e. The number of aryl methyl sites for hydroxylation is 1.